The molecule has 0 unspecified atom stereocenters. The number of nitrogens with one attached hydrogen (secondary N) is 1. The Balaban J connectivity index is 1.63. The Labute approximate surface area is 174 Å². The van der Waals surface area contributed by atoms with Crippen LogP contribution < -0.4 is 9.46 Å². The van der Waals surface area contributed by atoms with Crippen LogP contribution >= 0.6 is 0 Å². The molecular weight excluding hydrogens is 402 g/mol. The van der Waals surface area contributed by atoms with Crippen LogP contribution in [0.25, 0.3) is 16.9 Å². The van der Waals surface area contributed by atoms with Crippen LogP contribution in [-0.4, -0.2) is 35.3 Å². The number of rotatable bonds is 5. The number of hydrogen-bond donors (Lipinski definition) is 1. The number of sulfonamides is 1. The summed E-state index contributed by atoms with van der Waals surface area (Å²) in [6.07, 6.45) is 0. The molecule has 8 nitrogen and oxygen atoms in total. The highest BCUT2D eigenvalue weighted by atomic mass is 32.2. The number of ether oxygens (including phenoxy) is 1. The standard InChI is InChI=1S/C21H21N5O3S/c1-13-11-19(29-4)20(12-14(13)2)30(27,28)25-17-7-5-16(6-8-17)18-9-10-21-23-22-15(3)26(21)24-18/h5-12,25H,1-4H3. The van der Waals surface area contributed by atoms with Crippen molar-refractivity contribution in [3.8, 4) is 17.0 Å². The number of nitrogens with zero attached hydrogens (tertiary/aromatic N) is 4. The number of benzene rings is 2. The zero-order chi connectivity index (χ0) is 21.5. The van der Waals surface area contributed by atoms with Crippen LogP contribution in [0.5, 0.6) is 5.75 Å². The van der Waals surface area contributed by atoms with Gasteiger partial charge in [0.05, 0.1) is 12.8 Å². The van der Waals surface area contributed by atoms with Crippen molar-refractivity contribution < 1.29 is 13.2 Å². The molecule has 1 N–H and O–H groups in total. The second-order valence-electron chi connectivity index (χ2n) is 7.01. The van der Waals surface area contributed by atoms with Gasteiger partial charge < -0.3 is 4.74 Å². The van der Waals surface area contributed by atoms with E-state index in [-0.39, 0.29) is 4.90 Å². The summed E-state index contributed by atoms with van der Waals surface area (Å²) in [7, 11) is -2.35. The SMILES string of the molecule is COc1cc(C)c(C)cc1S(=O)(=O)Nc1ccc(-c2ccc3nnc(C)n3n2)cc1. The largest absolute Gasteiger partial charge is 0.495 e. The number of aromatic nitrogens is 4. The zero-order valence-corrected chi connectivity index (χ0v) is 17.9. The molecule has 154 valence electrons. The molecule has 2 heterocycles. The Morgan fingerprint density at radius 3 is 2.33 bits per heavy atom. The molecule has 0 aliphatic rings. The van der Waals surface area contributed by atoms with Crippen LogP contribution in [0.15, 0.2) is 53.4 Å². The minimum Gasteiger partial charge on any atom is -0.495 e. The molecule has 4 rings (SSSR count). The van der Waals surface area contributed by atoms with Crippen molar-refractivity contribution in [2.45, 2.75) is 25.7 Å². The van der Waals surface area contributed by atoms with E-state index in [2.05, 4.69) is 20.0 Å². The molecule has 0 atom stereocenters. The first kappa shape index (κ1) is 19.8. The van der Waals surface area contributed by atoms with Crippen LogP contribution in [0.1, 0.15) is 17.0 Å². The van der Waals surface area contributed by atoms with Crippen LogP contribution in [-0.2, 0) is 10.0 Å². The van der Waals surface area contributed by atoms with Gasteiger partial charge in [0.1, 0.15) is 10.6 Å². The topological polar surface area (TPSA) is 98.5 Å². The van der Waals surface area contributed by atoms with Gasteiger partial charge in [-0.15, -0.1) is 10.2 Å². The minimum atomic E-state index is -3.81. The molecule has 0 aliphatic carbocycles. The second kappa shape index (κ2) is 7.42. The molecule has 2 aromatic heterocycles. The predicted molar refractivity (Wildman–Crippen MR) is 114 cm³/mol. The highest BCUT2D eigenvalue weighted by molar-refractivity contribution is 7.92. The lowest BCUT2D eigenvalue weighted by Gasteiger charge is -2.14. The second-order valence-corrected chi connectivity index (χ2v) is 8.66. The van der Waals surface area contributed by atoms with Gasteiger partial charge in [-0.25, -0.2) is 8.42 Å². The van der Waals surface area contributed by atoms with Crippen LogP contribution in [0.3, 0.4) is 0 Å². The lowest BCUT2D eigenvalue weighted by molar-refractivity contribution is 0.402. The van der Waals surface area contributed by atoms with Crippen molar-refractivity contribution >= 4 is 21.4 Å². The zero-order valence-electron chi connectivity index (χ0n) is 17.0. The summed E-state index contributed by atoms with van der Waals surface area (Å²) in [4.78, 5) is 0.104. The van der Waals surface area contributed by atoms with E-state index in [4.69, 9.17) is 4.74 Å². The van der Waals surface area contributed by atoms with Gasteiger partial charge in [0.2, 0.25) is 0 Å². The van der Waals surface area contributed by atoms with Gasteiger partial charge in [0, 0.05) is 11.3 Å². The molecule has 30 heavy (non-hydrogen) atoms. The fraction of sp³-hybridized carbons (Fsp3) is 0.190. The fourth-order valence-electron chi connectivity index (χ4n) is 3.10. The van der Waals surface area contributed by atoms with E-state index in [1.165, 1.54) is 7.11 Å². The van der Waals surface area contributed by atoms with Crippen molar-refractivity contribution in [1.29, 1.82) is 0 Å². The van der Waals surface area contributed by atoms with E-state index in [0.717, 1.165) is 22.4 Å². The van der Waals surface area contributed by atoms with E-state index >= 15 is 0 Å². The monoisotopic (exact) mass is 423 g/mol. The van der Waals surface area contributed by atoms with Crippen LogP contribution in [0, 0.1) is 20.8 Å². The quantitative estimate of drug-likeness (QED) is 0.527. The maximum Gasteiger partial charge on any atom is 0.265 e. The fourth-order valence-corrected chi connectivity index (χ4v) is 4.40. The maximum absolute atomic E-state index is 12.9. The van der Waals surface area contributed by atoms with E-state index in [0.29, 0.717) is 22.9 Å². The average Bonchev–Trinajstić information content (AvgIpc) is 3.10. The molecule has 0 bridgehead atoms. The molecular formula is C21H21N5O3S. The Bertz CT molecular complexity index is 1350. The molecule has 9 heteroatoms. The Hall–Kier alpha value is -3.46. The first-order valence-corrected chi connectivity index (χ1v) is 10.7. The van der Waals surface area contributed by atoms with E-state index in [1.807, 2.05) is 45.0 Å². The number of fused-ring (bicyclic) bond motifs is 1. The van der Waals surface area contributed by atoms with Crippen molar-refractivity contribution in [2.24, 2.45) is 0 Å². The van der Waals surface area contributed by atoms with Crippen molar-refractivity contribution in [3.05, 3.63) is 65.5 Å². The van der Waals surface area contributed by atoms with Gasteiger partial charge in [-0.3, -0.25) is 4.72 Å². The van der Waals surface area contributed by atoms with Gasteiger partial charge in [-0.1, -0.05) is 12.1 Å². The summed E-state index contributed by atoms with van der Waals surface area (Å²) in [5, 5.41) is 12.6. The normalized spacial score (nSPS) is 11.6. The molecule has 0 amide bonds. The molecule has 0 radical (unpaired) electrons. The van der Waals surface area contributed by atoms with Crippen molar-refractivity contribution in [3.63, 3.8) is 0 Å². The number of hydrogen-bond acceptors (Lipinski definition) is 6. The molecule has 0 aliphatic heterocycles. The van der Waals surface area contributed by atoms with Gasteiger partial charge in [0.25, 0.3) is 10.0 Å². The Morgan fingerprint density at radius 1 is 0.933 bits per heavy atom. The maximum atomic E-state index is 12.9. The summed E-state index contributed by atoms with van der Waals surface area (Å²) < 4.78 is 35.4. The van der Waals surface area contributed by atoms with Crippen LogP contribution in [0.2, 0.25) is 0 Å². The van der Waals surface area contributed by atoms with Gasteiger partial charge in [-0.2, -0.15) is 9.61 Å². The number of aryl methyl sites for hydroxylation is 3. The van der Waals surface area contributed by atoms with E-state index < -0.39 is 10.0 Å². The summed E-state index contributed by atoms with van der Waals surface area (Å²) in [5.41, 5.74) is 4.52. The first-order valence-electron chi connectivity index (χ1n) is 9.26. The highest BCUT2D eigenvalue weighted by Gasteiger charge is 2.21. The predicted octanol–water partition coefficient (Wildman–Crippen LogP) is 3.53. The highest BCUT2D eigenvalue weighted by Crippen LogP contribution is 2.29. The molecule has 2 aromatic carbocycles. The van der Waals surface area contributed by atoms with Gasteiger partial charge in [0.15, 0.2) is 11.5 Å². The van der Waals surface area contributed by atoms with E-state index in [1.54, 1.807) is 28.8 Å². The van der Waals surface area contributed by atoms with Gasteiger partial charge in [-0.05, 0) is 68.3 Å². The lowest BCUT2D eigenvalue weighted by atomic mass is 10.1. The summed E-state index contributed by atoms with van der Waals surface area (Å²) in [6.45, 7) is 5.60. The third-order valence-electron chi connectivity index (χ3n) is 4.92. The summed E-state index contributed by atoms with van der Waals surface area (Å²) >= 11 is 0. The molecule has 0 saturated carbocycles. The number of methoxy groups -OCH3 is 1. The molecule has 4 aromatic rings. The summed E-state index contributed by atoms with van der Waals surface area (Å²) in [5.74, 6) is 1.00. The van der Waals surface area contributed by atoms with Gasteiger partial charge >= 0.3 is 0 Å². The Morgan fingerprint density at radius 2 is 1.63 bits per heavy atom. The molecule has 0 spiro atoms. The smallest absolute Gasteiger partial charge is 0.265 e. The first-order chi connectivity index (χ1) is 14.3. The average molecular weight is 423 g/mol. The summed E-state index contributed by atoms with van der Waals surface area (Å²) in [6, 6.07) is 14.0. The number of anilines is 1. The minimum absolute atomic E-state index is 0.104. The van der Waals surface area contributed by atoms with Crippen molar-refractivity contribution in [2.75, 3.05) is 11.8 Å². The molecule has 0 fully saturated rings. The van der Waals surface area contributed by atoms with Crippen LogP contribution in [0.4, 0.5) is 5.69 Å². The third kappa shape index (κ3) is 3.59. The van der Waals surface area contributed by atoms with E-state index in [9.17, 15) is 8.42 Å². The molecule has 0 saturated heterocycles. The Kier molecular flexibility index (Phi) is 4.90. The van der Waals surface area contributed by atoms with Crippen molar-refractivity contribution in [1.82, 2.24) is 19.8 Å². The lowest BCUT2D eigenvalue weighted by Crippen LogP contribution is -2.14. The third-order valence-corrected chi connectivity index (χ3v) is 6.32.